The number of nitrogens with zero attached hydrogens (tertiary/aromatic N) is 4. The number of rotatable bonds is 4. The van der Waals surface area contributed by atoms with E-state index in [1.807, 2.05) is 54.1 Å². The third-order valence-electron chi connectivity index (χ3n) is 6.25. The topological polar surface area (TPSA) is 69.4 Å². The monoisotopic (exact) mass is 474 g/mol. The average Bonchev–Trinajstić information content (AvgIpc) is 3.32. The fraction of sp³-hybridized carbons (Fsp3) is 0.192. The molecular formula is C26H23ClN4O3. The van der Waals surface area contributed by atoms with Crippen LogP contribution in [0.4, 0.5) is 5.69 Å². The van der Waals surface area contributed by atoms with Gasteiger partial charge in [-0.25, -0.2) is 4.98 Å². The Labute approximate surface area is 201 Å². The summed E-state index contributed by atoms with van der Waals surface area (Å²) in [5.41, 5.74) is 5.00. The molecule has 3 aromatic heterocycles. The van der Waals surface area contributed by atoms with Gasteiger partial charge in [0.15, 0.2) is 0 Å². The number of pyridine rings is 2. The van der Waals surface area contributed by atoms with E-state index in [-0.39, 0.29) is 11.5 Å². The van der Waals surface area contributed by atoms with Gasteiger partial charge in [0.1, 0.15) is 6.04 Å². The van der Waals surface area contributed by atoms with Crippen LogP contribution in [0.5, 0.6) is 5.88 Å². The molecule has 7 nitrogen and oxygen atoms in total. The summed E-state index contributed by atoms with van der Waals surface area (Å²) in [6.07, 6.45) is 1.70. The highest BCUT2D eigenvalue weighted by Crippen LogP contribution is 2.44. The predicted octanol–water partition coefficient (Wildman–Crippen LogP) is 4.51. The summed E-state index contributed by atoms with van der Waals surface area (Å²) in [7, 11) is 5.20. The summed E-state index contributed by atoms with van der Waals surface area (Å²) in [6.45, 7) is 1.75. The summed E-state index contributed by atoms with van der Waals surface area (Å²) in [5.74, 6) is 0.361. The lowest BCUT2D eigenvalue weighted by Crippen LogP contribution is -2.31. The first-order chi connectivity index (χ1) is 16.3. The van der Waals surface area contributed by atoms with Crippen molar-refractivity contribution in [1.82, 2.24) is 14.1 Å². The molecular weight excluding hydrogens is 452 g/mol. The van der Waals surface area contributed by atoms with Crippen LogP contribution in [0.1, 0.15) is 33.2 Å². The second-order valence-electron chi connectivity index (χ2n) is 8.38. The number of hydrogen-bond acceptors (Lipinski definition) is 4. The molecule has 0 saturated heterocycles. The minimum absolute atomic E-state index is 0.0951. The van der Waals surface area contributed by atoms with E-state index >= 15 is 0 Å². The molecule has 1 aromatic carbocycles. The summed E-state index contributed by atoms with van der Waals surface area (Å²) >= 11 is 6.16. The van der Waals surface area contributed by atoms with Crippen molar-refractivity contribution in [2.45, 2.75) is 13.0 Å². The first-order valence-electron chi connectivity index (χ1n) is 10.8. The summed E-state index contributed by atoms with van der Waals surface area (Å²) < 4.78 is 8.80. The molecule has 1 aliphatic heterocycles. The van der Waals surface area contributed by atoms with E-state index in [0.29, 0.717) is 33.4 Å². The van der Waals surface area contributed by atoms with Gasteiger partial charge < -0.3 is 13.9 Å². The number of aromatic nitrogens is 3. The number of aryl methyl sites for hydroxylation is 2. The number of carbonyl (C=O) groups is 1. The van der Waals surface area contributed by atoms with Crippen LogP contribution in [0, 0.1) is 6.92 Å². The molecule has 0 fully saturated rings. The minimum Gasteiger partial charge on any atom is -0.481 e. The highest BCUT2D eigenvalue weighted by molar-refractivity contribution is 6.30. The third kappa shape index (κ3) is 3.40. The number of benzene rings is 1. The SMILES string of the molecule is COc1cccc(-c2cc3c(n2C)C(c2ccc(Cl)cc2)N(c2cc(C)c(=O)n(C)c2)C3=O)n1. The molecule has 0 spiro atoms. The number of amides is 1. The Morgan fingerprint density at radius 2 is 1.76 bits per heavy atom. The van der Waals surface area contributed by atoms with Gasteiger partial charge in [-0.2, -0.15) is 0 Å². The van der Waals surface area contributed by atoms with Crippen LogP contribution in [0.2, 0.25) is 5.02 Å². The summed E-state index contributed by atoms with van der Waals surface area (Å²) in [5, 5.41) is 0.617. The first kappa shape index (κ1) is 22.0. The highest BCUT2D eigenvalue weighted by atomic mass is 35.5. The average molecular weight is 475 g/mol. The van der Waals surface area contributed by atoms with E-state index in [9.17, 15) is 9.59 Å². The Balaban J connectivity index is 1.72. The Morgan fingerprint density at radius 3 is 2.44 bits per heavy atom. The number of anilines is 1. The second-order valence-corrected chi connectivity index (χ2v) is 8.82. The van der Waals surface area contributed by atoms with Gasteiger partial charge in [-0.05, 0) is 42.8 Å². The number of ether oxygens (including phenoxy) is 1. The van der Waals surface area contributed by atoms with Crippen molar-refractivity contribution in [1.29, 1.82) is 0 Å². The lowest BCUT2D eigenvalue weighted by molar-refractivity contribution is 0.0993. The Bertz CT molecular complexity index is 1460. The lowest BCUT2D eigenvalue weighted by atomic mass is 10.0. The second kappa shape index (κ2) is 8.18. The van der Waals surface area contributed by atoms with Crippen molar-refractivity contribution in [2.24, 2.45) is 14.1 Å². The number of methoxy groups -OCH3 is 1. The van der Waals surface area contributed by atoms with E-state index in [4.69, 9.17) is 16.3 Å². The number of hydrogen-bond donors (Lipinski definition) is 0. The Kier molecular flexibility index (Phi) is 5.29. The summed E-state index contributed by atoms with van der Waals surface area (Å²) in [4.78, 5) is 32.4. The molecule has 1 aliphatic rings. The fourth-order valence-corrected chi connectivity index (χ4v) is 4.74. The molecule has 172 valence electrons. The van der Waals surface area contributed by atoms with E-state index in [1.54, 1.807) is 44.3 Å². The molecule has 0 N–H and O–H groups in total. The van der Waals surface area contributed by atoms with E-state index in [2.05, 4.69) is 4.98 Å². The van der Waals surface area contributed by atoms with Gasteiger partial charge in [0, 0.05) is 36.9 Å². The molecule has 4 aromatic rings. The Morgan fingerprint density at radius 1 is 1.03 bits per heavy atom. The third-order valence-corrected chi connectivity index (χ3v) is 6.51. The van der Waals surface area contributed by atoms with E-state index in [1.165, 1.54) is 4.57 Å². The zero-order valence-corrected chi connectivity index (χ0v) is 20.0. The molecule has 34 heavy (non-hydrogen) atoms. The van der Waals surface area contributed by atoms with Crippen LogP contribution in [0.3, 0.4) is 0 Å². The van der Waals surface area contributed by atoms with Gasteiger partial charge >= 0.3 is 0 Å². The molecule has 8 heteroatoms. The Hall–Kier alpha value is -3.84. The molecule has 1 amide bonds. The van der Waals surface area contributed by atoms with Gasteiger partial charge in [-0.15, -0.1) is 0 Å². The molecule has 0 radical (unpaired) electrons. The highest BCUT2D eigenvalue weighted by Gasteiger charge is 2.42. The largest absolute Gasteiger partial charge is 0.481 e. The van der Waals surface area contributed by atoms with Gasteiger partial charge in [0.05, 0.1) is 35.4 Å². The number of carbonyl (C=O) groups excluding carboxylic acids is 1. The summed E-state index contributed by atoms with van der Waals surface area (Å²) in [6, 6.07) is 16.3. The van der Waals surface area contributed by atoms with Crippen LogP contribution in [0.25, 0.3) is 11.4 Å². The fourth-order valence-electron chi connectivity index (χ4n) is 4.61. The maximum Gasteiger partial charge on any atom is 0.261 e. The van der Waals surface area contributed by atoms with Crippen molar-refractivity contribution in [2.75, 3.05) is 12.0 Å². The maximum atomic E-state index is 13.8. The van der Waals surface area contributed by atoms with Crippen molar-refractivity contribution in [3.05, 3.63) is 98.6 Å². The normalized spacial score (nSPS) is 15.0. The minimum atomic E-state index is -0.402. The molecule has 4 heterocycles. The van der Waals surface area contributed by atoms with E-state index < -0.39 is 6.04 Å². The van der Waals surface area contributed by atoms with Gasteiger partial charge in [0.2, 0.25) is 5.88 Å². The van der Waals surface area contributed by atoms with Crippen molar-refractivity contribution < 1.29 is 9.53 Å². The van der Waals surface area contributed by atoms with Crippen LogP contribution in [0.15, 0.2) is 65.6 Å². The lowest BCUT2D eigenvalue weighted by Gasteiger charge is -2.28. The smallest absolute Gasteiger partial charge is 0.261 e. The molecule has 0 aliphatic carbocycles. The van der Waals surface area contributed by atoms with Crippen molar-refractivity contribution >= 4 is 23.2 Å². The van der Waals surface area contributed by atoms with E-state index in [0.717, 1.165) is 17.0 Å². The van der Waals surface area contributed by atoms with Gasteiger partial charge in [-0.1, -0.05) is 29.8 Å². The zero-order chi connectivity index (χ0) is 24.1. The van der Waals surface area contributed by atoms with Gasteiger partial charge in [0.25, 0.3) is 11.5 Å². The van der Waals surface area contributed by atoms with Crippen molar-refractivity contribution in [3.8, 4) is 17.3 Å². The zero-order valence-electron chi connectivity index (χ0n) is 19.2. The first-order valence-corrected chi connectivity index (χ1v) is 11.1. The predicted molar refractivity (Wildman–Crippen MR) is 132 cm³/mol. The molecule has 0 saturated carbocycles. The van der Waals surface area contributed by atoms with Crippen LogP contribution in [-0.2, 0) is 14.1 Å². The van der Waals surface area contributed by atoms with Crippen LogP contribution >= 0.6 is 11.6 Å². The molecule has 0 bridgehead atoms. The molecule has 1 atom stereocenters. The molecule has 5 rings (SSSR count). The molecule has 1 unspecified atom stereocenters. The van der Waals surface area contributed by atoms with Crippen molar-refractivity contribution in [3.63, 3.8) is 0 Å². The van der Waals surface area contributed by atoms with Crippen LogP contribution < -0.4 is 15.2 Å². The number of fused-ring (bicyclic) bond motifs is 1. The quantitative estimate of drug-likeness (QED) is 0.436. The maximum absolute atomic E-state index is 13.8. The number of halogens is 1. The standard InChI is InChI=1S/C26H23ClN4O3/c1-15-12-18(14-29(2)25(15)32)31-23(16-8-10-17(27)11-9-16)24-19(26(31)33)13-21(30(24)3)20-6-5-7-22(28-20)34-4/h5-14,23H,1-4H3. The van der Waals surface area contributed by atoms with Gasteiger partial charge in [-0.3, -0.25) is 14.5 Å². The van der Waals surface area contributed by atoms with Crippen LogP contribution in [-0.4, -0.2) is 27.1 Å².